The van der Waals surface area contributed by atoms with Crippen molar-refractivity contribution in [3.05, 3.63) is 0 Å². The number of carbonyl (C=O) groups excluding carboxylic acids is 3. The first-order chi connectivity index (χ1) is 8.31. The van der Waals surface area contributed by atoms with Crippen LogP contribution in [0, 0.1) is 0 Å². The quantitative estimate of drug-likeness (QED) is 0.495. The van der Waals surface area contributed by atoms with Gasteiger partial charge in [0.1, 0.15) is 0 Å². The fraction of sp³-hybridized carbons (Fsp3) is 0.444. The zero-order chi connectivity index (χ0) is 14.1. The lowest BCUT2D eigenvalue weighted by atomic mass is 10.3. The van der Waals surface area contributed by atoms with Crippen molar-refractivity contribution in [3.8, 4) is 0 Å². The molecule has 9 heteroatoms. The van der Waals surface area contributed by atoms with Crippen molar-refractivity contribution in [3.63, 3.8) is 0 Å². The molecular formula is C9H10O9. The number of carboxylic acid groups (broad SMARTS) is 2. The van der Waals surface area contributed by atoms with Crippen molar-refractivity contribution in [1.29, 1.82) is 0 Å². The predicted molar refractivity (Wildman–Crippen MR) is 51.3 cm³/mol. The van der Waals surface area contributed by atoms with Gasteiger partial charge in [0.15, 0.2) is 0 Å². The van der Waals surface area contributed by atoms with Crippen LogP contribution in [0.2, 0.25) is 0 Å². The Hall–Kier alpha value is -2.45. The summed E-state index contributed by atoms with van der Waals surface area (Å²) in [4.78, 5) is 52.6. The third-order valence-electron chi connectivity index (χ3n) is 1.48. The van der Waals surface area contributed by atoms with Gasteiger partial charge in [-0.2, -0.15) is 0 Å². The summed E-state index contributed by atoms with van der Waals surface area (Å²) in [5, 5.41) is 16.5. The van der Waals surface area contributed by atoms with Crippen LogP contribution in [-0.2, 0) is 28.7 Å². The summed E-state index contributed by atoms with van der Waals surface area (Å²) in [6.07, 6.45) is -3.76. The maximum absolute atomic E-state index is 10.8. The molecule has 18 heavy (non-hydrogen) atoms. The van der Waals surface area contributed by atoms with Gasteiger partial charge in [0.25, 0.3) is 0 Å². The topological polar surface area (TPSA) is 144 Å². The van der Waals surface area contributed by atoms with Crippen LogP contribution in [0.25, 0.3) is 0 Å². The molecule has 0 amide bonds. The van der Waals surface area contributed by atoms with E-state index in [1.165, 1.54) is 0 Å². The van der Waals surface area contributed by atoms with Crippen LogP contribution in [0.1, 0.15) is 25.7 Å². The maximum Gasteiger partial charge on any atom is 0.524 e. The molecule has 0 aromatic carbocycles. The average Bonchev–Trinajstić information content (AvgIpc) is 2.23. The Morgan fingerprint density at radius 1 is 0.667 bits per heavy atom. The Bertz CT molecular complexity index is 336. The second-order valence-corrected chi connectivity index (χ2v) is 2.99. The monoisotopic (exact) mass is 262 g/mol. The highest BCUT2D eigenvalue weighted by Crippen LogP contribution is 1.98. The Morgan fingerprint density at radius 3 is 1.28 bits per heavy atom. The molecular weight excluding hydrogens is 252 g/mol. The smallest absolute Gasteiger partial charge is 0.481 e. The van der Waals surface area contributed by atoms with Crippen LogP contribution < -0.4 is 0 Å². The molecule has 0 heterocycles. The van der Waals surface area contributed by atoms with Gasteiger partial charge in [0, 0.05) is 0 Å². The number of carboxylic acids is 2. The molecule has 0 rings (SSSR count). The van der Waals surface area contributed by atoms with Crippen molar-refractivity contribution >= 4 is 30.0 Å². The van der Waals surface area contributed by atoms with E-state index in [4.69, 9.17) is 10.2 Å². The Kier molecular flexibility index (Phi) is 6.71. The Morgan fingerprint density at radius 2 is 1.00 bits per heavy atom. The summed E-state index contributed by atoms with van der Waals surface area (Å²) in [7, 11) is 0. The van der Waals surface area contributed by atoms with Crippen LogP contribution in [-0.4, -0.2) is 40.2 Å². The number of ether oxygens (including phenoxy) is 2. The van der Waals surface area contributed by atoms with Crippen molar-refractivity contribution in [2.24, 2.45) is 0 Å². The molecule has 0 saturated carbocycles. The first-order valence-electron chi connectivity index (χ1n) is 4.70. The van der Waals surface area contributed by atoms with Gasteiger partial charge in [-0.25, -0.2) is 4.79 Å². The lowest BCUT2D eigenvalue weighted by molar-refractivity contribution is -0.150. The summed E-state index contributed by atoms with van der Waals surface area (Å²) in [5.74, 6) is -4.82. The van der Waals surface area contributed by atoms with Crippen LogP contribution in [0.3, 0.4) is 0 Å². The molecule has 0 spiro atoms. The molecule has 0 aromatic rings. The fourth-order valence-electron chi connectivity index (χ4n) is 0.727. The van der Waals surface area contributed by atoms with Crippen LogP contribution >= 0.6 is 0 Å². The van der Waals surface area contributed by atoms with E-state index in [0.717, 1.165) is 0 Å². The van der Waals surface area contributed by atoms with Crippen LogP contribution in [0.4, 0.5) is 4.79 Å². The van der Waals surface area contributed by atoms with Crippen LogP contribution in [0.5, 0.6) is 0 Å². The highest BCUT2D eigenvalue weighted by molar-refractivity contribution is 5.90. The molecule has 0 aliphatic rings. The second kappa shape index (κ2) is 7.76. The highest BCUT2D eigenvalue weighted by atomic mass is 16.8. The van der Waals surface area contributed by atoms with Crippen molar-refractivity contribution < 1.29 is 43.7 Å². The molecule has 0 radical (unpaired) electrons. The minimum Gasteiger partial charge on any atom is -0.481 e. The van der Waals surface area contributed by atoms with Gasteiger partial charge in [0.2, 0.25) is 0 Å². The number of aliphatic carboxylic acids is 2. The molecule has 0 aliphatic heterocycles. The largest absolute Gasteiger partial charge is 0.524 e. The molecule has 0 aromatic heterocycles. The molecule has 0 unspecified atom stereocenters. The molecule has 0 aliphatic carbocycles. The number of rotatable bonds is 6. The molecule has 0 fully saturated rings. The predicted octanol–water partition coefficient (Wildman–Crippen LogP) is -0.0776. The Balaban J connectivity index is 3.89. The summed E-state index contributed by atoms with van der Waals surface area (Å²) in [5.41, 5.74) is 0. The van der Waals surface area contributed by atoms with Gasteiger partial charge >= 0.3 is 30.0 Å². The minimum absolute atomic E-state index is 0.529. The molecule has 0 bridgehead atoms. The van der Waals surface area contributed by atoms with Gasteiger partial charge in [-0.1, -0.05) is 0 Å². The van der Waals surface area contributed by atoms with Crippen molar-refractivity contribution in [2.45, 2.75) is 25.7 Å². The maximum atomic E-state index is 10.8. The van der Waals surface area contributed by atoms with Gasteiger partial charge in [-0.05, 0) is 0 Å². The molecule has 9 nitrogen and oxygen atoms in total. The number of carbonyl (C=O) groups is 5. The van der Waals surface area contributed by atoms with E-state index >= 15 is 0 Å². The van der Waals surface area contributed by atoms with E-state index < -0.39 is 55.7 Å². The van der Waals surface area contributed by atoms with Gasteiger partial charge in [-0.3, -0.25) is 19.2 Å². The molecule has 2 N–H and O–H groups in total. The lowest BCUT2D eigenvalue weighted by Gasteiger charge is -2.01. The number of hydrogen-bond acceptors (Lipinski definition) is 7. The van der Waals surface area contributed by atoms with Gasteiger partial charge < -0.3 is 19.7 Å². The average molecular weight is 262 g/mol. The van der Waals surface area contributed by atoms with E-state index in [1.54, 1.807) is 0 Å². The number of esters is 2. The molecule has 0 atom stereocenters. The first-order valence-corrected chi connectivity index (χ1v) is 4.70. The Labute approximate surface area is 100 Å². The summed E-state index contributed by atoms with van der Waals surface area (Å²) in [6, 6.07) is 0. The van der Waals surface area contributed by atoms with Gasteiger partial charge in [-0.15, -0.1) is 0 Å². The standard InChI is InChI=1S/C9H10O9/c10-5(11)1-3-7(14)17-9(16)18-8(15)4-2-6(12)13/h1-4H2,(H,10,11)(H,12,13). The normalized spacial score (nSPS) is 9.33. The molecule has 0 saturated heterocycles. The van der Waals surface area contributed by atoms with E-state index in [-0.39, 0.29) is 0 Å². The van der Waals surface area contributed by atoms with Gasteiger partial charge in [0.05, 0.1) is 25.7 Å². The summed E-state index contributed by atoms with van der Waals surface area (Å²) < 4.78 is 7.89. The lowest BCUT2D eigenvalue weighted by Crippen LogP contribution is -2.18. The zero-order valence-electron chi connectivity index (χ0n) is 9.08. The summed E-state index contributed by atoms with van der Waals surface area (Å²) >= 11 is 0. The third kappa shape index (κ3) is 8.83. The van der Waals surface area contributed by atoms with Crippen molar-refractivity contribution in [1.82, 2.24) is 0 Å². The van der Waals surface area contributed by atoms with E-state index in [9.17, 15) is 24.0 Å². The third-order valence-corrected chi connectivity index (χ3v) is 1.48. The number of hydrogen-bond donors (Lipinski definition) is 2. The van der Waals surface area contributed by atoms with Crippen LogP contribution in [0.15, 0.2) is 0 Å². The van der Waals surface area contributed by atoms with E-state index in [1.807, 2.05) is 0 Å². The minimum atomic E-state index is -1.61. The SMILES string of the molecule is O=C(O)CCC(=O)OC(=O)OC(=O)CCC(=O)O. The van der Waals surface area contributed by atoms with Crippen molar-refractivity contribution in [2.75, 3.05) is 0 Å². The fourth-order valence-corrected chi connectivity index (χ4v) is 0.727. The second-order valence-electron chi connectivity index (χ2n) is 2.99. The zero-order valence-corrected chi connectivity index (χ0v) is 9.08. The molecule has 100 valence electrons. The summed E-state index contributed by atoms with van der Waals surface area (Å²) in [6.45, 7) is 0. The highest BCUT2D eigenvalue weighted by Gasteiger charge is 2.17. The van der Waals surface area contributed by atoms with E-state index in [0.29, 0.717) is 0 Å². The van der Waals surface area contributed by atoms with E-state index in [2.05, 4.69) is 9.47 Å². The first kappa shape index (κ1) is 15.6.